The van der Waals surface area contributed by atoms with Crippen molar-refractivity contribution >= 4 is 17.3 Å². The van der Waals surface area contributed by atoms with E-state index in [1.165, 1.54) is 11.1 Å². The number of hydrogen-bond donors (Lipinski definition) is 3. The summed E-state index contributed by atoms with van der Waals surface area (Å²) in [6, 6.07) is 0. The maximum atomic E-state index is 11.4. The highest BCUT2D eigenvalue weighted by Gasteiger charge is 2.13. The first kappa shape index (κ1) is 12.0. The Hall–Kier alpha value is -1.11. The van der Waals surface area contributed by atoms with Gasteiger partial charge in [0.25, 0.3) is 5.56 Å². The van der Waals surface area contributed by atoms with Gasteiger partial charge in [0.1, 0.15) is 5.69 Å². The van der Waals surface area contributed by atoms with E-state index in [4.69, 9.17) is 21.8 Å². The van der Waals surface area contributed by atoms with Gasteiger partial charge in [0.15, 0.2) is 0 Å². The van der Waals surface area contributed by atoms with E-state index in [0.29, 0.717) is 0 Å². The SMILES string of the molecule is O=c1[nH]ncc(Cl)c1N(CCO)CCO. The Balaban J connectivity index is 3.04. The van der Waals surface area contributed by atoms with Gasteiger partial charge in [-0.2, -0.15) is 5.10 Å². The number of halogens is 1. The minimum Gasteiger partial charge on any atom is -0.395 e. The monoisotopic (exact) mass is 233 g/mol. The van der Waals surface area contributed by atoms with Crippen molar-refractivity contribution in [2.75, 3.05) is 31.2 Å². The number of nitrogens with zero attached hydrogens (tertiary/aromatic N) is 2. The highest BCUT2D eigenvalue weighted by Crippen LogP contribution is 2.18. The minimum absolute atomic E-state index is 0.127. The van der Waals surface area contributed by atoms with Crippen LogP contribution in [-0.4, -0.2) is 46.7 Å². The van der Waals surface area contributed by atoms with Gasteiger partial charge in [0.2, 0.25) is 0 Å². The second-order valence-corrected chi connectivity index (χ2v) is 3.24. The first-order valence-corrected chi connectivity index (χ1v) is 4.78. The number of H-pyrrole nitrogens is 1. The normalized spacial score (nSPS) is 10.3. The van der Waals surface area contributed by atoms with E-state index in [0.717, 1.165) is 0 Å². The van der Waals surface area contributed by atoms with Crippen LogP contribution in [0.1, 0.15) is 0 Å². The molecule has 0 aromatic carbocycles. The summed E-state index contributed by atoms with van der Waals surface area (Å²) in [7, 11) is 0. The number of hydrogen-bond acceptors (Lipinski definition) is 5. The van der Waals surface area contributed by atoms with Gasteiger partial charge < -0.3 is 15.1 Å². The number of aromatic nitrogens is 2. The molecule has 0 radical (unpaired) electrons. The molecule has 0 unspecified atom stereocenters. The molecule has 0 aliphatic rings. The molecule has 0 aliphatic carbocycles. The van der Waals surface area contributed by atoms with Crippen LogP contribution in [0.4, 0.5) is 5.69 Å². The van der Waals surface area contributed by atoms with Crippen molar-refractivity contribution < 1.29 is 10.2 Å². The molecule has 1 rings (SSSR count). The summed E-state index contributed by atoms with van der Waals surface area (Å²) < 4.78 is 0. The van der Waals surface area contributed by atoms with Gasteiger partial charge in [-0.15, -0.1) is 0 Å². The van der Waals surface area contributed by atoms with Crippen LogP contribution in [0.5, 0.6) is 0 Å². The van der Waals surface area contributed by atoms with E-state index in [9.17, 15) is 4.79 Å². The number of rotatable bonds is 5. The van der Waals surface area contributed by atoms with Crippen LogP contribution in [0.15, 0.2) is 11.0 Å². The number of aliphatic hydroxyl groups excluding tert-OH is 2. The molecular weight excluding hydrogens is 222 g/mol. The fourth-order valence-electron chi connectivity index (χ4n) is 1.24. The van der Waals surface area contributed by atoms with Gasteiger partial charge in [-0.1, -0.05) is 11.6 Å². The van der Waals surface area contributed by atoms with Crippen molar-refractivity contribution in [3.63, 3.8) is 0 Å². The van der Waals surface area contributed by atoms with Crippen molar-refractivity contribution in [3.8, 4) is 0 Å². The summed E-state index contributed by atoms with van der Waals surface area (Å²) in [6.45, 7) is 0.205. The Kier molecular flexibility index (Phi) is 4.54. The summed E-state index contributed by atoms with van der Waals surface area (Å²) in [6.07, 6.45) is 1.31. The molecule has 1 aromatic rings. The molecule has 0 fully saturated rings. The molecule has 0 atom stereocenters. The Morgan fingerprint density at radius 3 is 2.47 bits per heavy atom. The Morgan fingerprint density at radius 2 is 2.00 bits per heavy atom. The summed E-state index contributed by atoms with van der Waals surface area (Å²) in [5, 5.41) is 23.6. The molecule has 0 amide bonds. The van der Waals surface area contributed by atoms with Crippen molar-refractivity contribution in [3.05, 3.63) is 21.6 Å². The quantitative estimate of drug-likeness (QED) is 0.621. The predicted molar refractivity (Wildman–Crippen MR) is 56.3 cm³/mol. The second kappa shape index (κ2) is 5.69. The van der Waals surface area contributed by atoms with Crippen molar-refractivity contribution in [1.29, 1.82) is 0 Å². The van der Waals surface area contributed by atoms with E-state index in [2.05, 4.69) is 10.2 Å². The molecule has 15 heavy (non-hydrogen) atoms. The summed E-state index contributed by atoms with van der Waals surface area (Å²) in [5.74, 6) is 0. The number of nitrogens with one attached hydrogen (secondary N) is 1. The molecule has 0 spiro atoms. The zero-order valence-electron chi connectivity index (χ0n) is 7.98. The maximum Gasteiger partial charge on any atom is 0.289 e. The molecule has 1 heterocycles. The first-order valence-electron chi connectivity index (χ1n) is 4.40. The standard InChI is InChI=1S/C8H12ClN3O3/c9-6-5-10-11-8(15)7(6)12(1-3-13)2-4-14/h5,13-14H,1-4H2,(H,11,15). The van der Waals surface area contributed by atoms with Crippen LogP contribution < -0.4 is 10.5 Å². The first-order chi connectivity index (χ1) is 7.20. The molecule has 84 valence electrons. The fraction of sp³-hybridized carbons (Fsp3) is 0.500. The molecule has 1 aromatic heterocycles. The lowest BCUT2D eigenvalue weighted by Gasteiger charge is -2.22. The smallest absolute Gasteiger partial charge is 0.289 e. The van der Waals surface area contributed by atoms with Gasteiger partial charge in [-0.25, -0.2) is 5.10 Å². The lowest BCUT2D eigenvalue weighted by Crippen LogP contribution is -2.34. The van der Waals surface area contributed by atoms with Crippen LogP contribution in [0.3, 0.4) is 0 Å². The summed E-state index contributed by atoms with van der Waals surface area (Å²) >= 11 is 5.81. The third-order valence-electron chi connectivity index (χ3n) is 1.84. The van der Waals surface area contributed by atoms with Gasteiger partial charge in [-0.05, 0) is 0 Å². The molecule has 0 saturated carbocycles. The highest BCUT2D eigenvalue weighted by molar-refractivity contribution is 6.33. The Bertz CT molecular complexity index is 362. The van der Waals surface area contributed by atoms with Crippen LogP contribution in [-0.2, 0) is 0 Å². The van der Waals surface area contributed by atoms with E-state index in [1.54, 1.807) is 0 Å². The number of anilines is 1. The largest absolute Gasteiger partial charge is 0.395 e. The lowest BCUT2D eigenvalue weighted by molar-refractivity contribution is 0.281. The van der Waals surface area contributed by atoms with Crippen molar-refractivity contribution in [2.45, 2.75) is 0 Å². The number of aliphatic hydroxyl groups is 2. The molecule has 3 N–H and O–H groups in total. The van der Waals surface area contributed by atoms with Gasteiger partial charge in [-0.3, -0.25) is 4.79 Å². The fourth-order valence-corrected chi connectivity index (χ4v) is 1.50. The van der Waals surface area contributed by atoms with Gasteiger partial charge in [0, 0.05) is 13.1 Å². The molecule has 7 heteroatoms. The molecule has 0 saturated heterocycles. The minimum atomic E-state index is -0.440. The number of aromatic amines is 1. The van der Waals surface area contributed by atoms with Crippen LogP contribution in [0.2, 0.25) is 5.02 Å². The van der Waals surface area contributed by atoms with E-state index >= 15 is 0 Å². The summed E-state index contributed by atoms with van der Waals surface area (Å²) in [4.78, 5) is 12.9. The van der Waals surface area contributed by atoms with E-state index < -0.39 is 5.56 Å². The predicted octanol–water partition coefficient (Wildman–Crippen LogP) is -0.786. The molecule has 6 nitrogen and oxygen atoms in total. The average Bonchev–Trinajstić information content (AvgIpc) is 2.18. The zero-order chi connectivity index (χ0) is 11.3. The maximum absolute atomic E-state index is 11.4. The lowest BCUT2D eigenvalue weighted by atomic mass is 10.3. The Labute approximate surface area is 91.1 Å². The van der Waals surface area contributed by atoms with Gasteiger partial charge in [0.05, 0.1) is 24.4 Å². The van der Waals surface area contributed by atoms with Crippen LogP contribution >= 0.6 is 11.6 Å². The zero-order valence-corrected chi connectivity index (χ0v) is 8.74. The topological polar surface area (TPSA) is 89.5 Å². The van der Waals surface area contributed by atoms with Crippen molar-refractivity contribution in [1.82, 2.24) is 10.2 Å². The van der Waals surface area contributed by atoms with Crippen LogP contribution in [0.25, 0.3) is 0 Å². The molecule has 0 bridgehead atoms. The van der Waals surface area contributed by atoms with Crippen LogP contribution in [0, 0.1) is 0 Å². The highest BCUT2D eigenvalue weighted by atomic mass is 35.5. The average molecular weight is 234 g/mol. The van der Waals surface area contributed by atoms with E-state index in [1.807, 2.05) is 0 Å². The second-order valence-electron chi connectivity index (χ2n) is 2.83. The Morgan fingerprint density at radius 1 is 1.40 bits per heavy atom. The van der Waals surface area contributed by atoms with Crippen molar-refractivity contribution in [2.24, 2.45) is 0 Å². The summed E-state index contributed by atoms with van der Waals surface area (Å²) in [5.41, 5.74) is -0.223. The van der Waals surface area contributed by atoms with E-state index in [-0.39, 0.29) is 37.0 Å². The van der Waals surface area contributed by atoms with Gasteiger partial charge >= 0.3 is 0 Å². The third kappa shape index (κ3) is 2.92. The third-order valence-corrected chi connectivity index (χ3v) is 2.12. The molecular formula is C8H12ClN3O3. The molecule has 0 aliphatic heterocycles.